The average Bonchev–Trinajstić information content (AvgIpc) is 2.38. The third kappa shape index (κ3) is 3.26. The van der Waals surface area contributed by atoms with Gasteiger partial charge in [0.05, 0.1) is 6.04 Å². The van der Waals surface area contributed by atoms with E-state index in [4.69, 9.17) is 0 Å². The molecule has 20 heavy (non-hydrogen) atoms. The molecule has 0 fully saturated rings. The van der Waals surface area contributed by atoms with Crippen molar-refractivity contribution in [3.8, 4) is 0 Å². The van der Waals surface area contributed by atoms with Crippen LogP contribution in [0.15, 0.2) is 36.5 Å². The highest BCUT2D eigenvalue weighted by molar-refractivity contribution is 5.36. The minimum atomic E-state index is -4.47. The van der Waals surface area contributed by atoms with Crippen LogP contribution < -0.4 is 5.32 Å². The average molecular weight is 281 g/mol. The van der Waals surface area contributed by atoms with E-state index in [-0.39, 0.29) is 12.0 Å². The highest BCUT2D eigenvalue weighted by atomic mass is 19.4. The Balaban J connectivity index is 2.20. The van der Waals surface area contributed by atoms with E-state index in [1.165, 1.54) is 0 Å². The third-order valence-electron chi connectivity index (χ3n) is 2.95. The van der Waals surface area contributed by atoms with Crippen molar-refractivity contribution in [1.29, 1.82) is 0 Å². The molecule has 0 aliphatic carbocycles. The first-order valence-electron chi connectivity index (χ1n) is 6.10. The number of nitrogens with one attached hydrogen (secondary N) is 1. The van der Waals surface area contributed by atoms with Crippen LogP contribution in [0.2, 0.25) is 0 Å². The molecule has 0 amide bonds. The van der Waals surface area contributed by atoms with Crippen LogP contribution in [0.4, 0.5) is 19.1 Å². The van der Waals surface area contributed by atoms with E-state index in [0.29, 0.717) is 0 Å². The smallest absolute Gasteiger partial charge is 0.348 e. The van der Waals surface area contributed by atoms with Crippen LogP contribution in [-0.4, -0.2) is 9.97 Å². The van der Waals surface area contributed by atoms with Crippen molar-refractivity contribution in [2.24, 2.45) is 0 Å². The molecule has 2 rings (SSSR count). The van der Waals surface area contributed by atoms with Crippen molar-refractivity contribution in [1.82, 2.24) is 9.97 Å². The number of hydrogen-bond acceptors (Lipinski definition) is 3. The number of halogens is 3. The van der Waals surface area contributed by atoms with Gasteiger partial charge in [0.25, 0.3) is 0 Å². The Hall–Kier alpha value is -2.11. The Morgan fingerprint density at radius 2 is 1.85 bits per heavy atom. The summed E-state index contributed by atoms with van der Waals surface area (Å²) in [5.74, 6) is -0.0319. The number of aromatic nitrogens is 2. The van der Waals surface area contributed by atoms with Crippen molar-refractivity contribution in [3.05, 3.63) is 53.3 Å². The summed E-state index contributed by atoms with van der Waals surface area (Å²) >= 11 is 0. The van der Waals surface area contributed by atoms with Gasteiger partial charge in [0, 0.05) is 6.20 Å². The number of hydrogen-bond donors (Lipinski definition) is 1. The maximum atomic E-state index is 12.6. The molecule has 106 valence electrons. The molecule has 1 atom stereocenters. The van der Waals surface area contributed by atoms with Gasteiger partial charge >= 0.3 is 6.18 Å². The van der Waals surface area contributed by atoms with E-state index >= 15 is 0 Å². The van der Waals surface area contributed by atoms with Crippen LogP contribution in [0, 0.1) is 6.92 Å². The van der Waals surface area contributed by atoms with Gasteiger partial charge in [0.1, 0.15) is 5.69 Å². The molecule has 6 heteroatoms. The van der Waals surface area contributed by atoms with Crippen LogP contribution in [-0.2, 0) is 6.18 Å². The summed E-state index contributed by atoms with van der Waals surface area (Å²) in [4.78, 5) is 7.32. The van der Waals surface area contributed by atoms with Crippen molar-refractivity contribution in [2.45, 2.75) is 26.1 Å². The van der Waals surface area contributed by atoms with E-state index in [1.54, 1.807) is 0 Å². The van der Waals surface area contributed by atoms with E-state index in [1.807, 2.05) is 38.1 Å². The minimum absolute atomic E-state index is 0.0319. The molecular weight excluding hydrogens is 267 g/mol. The lowest BCUT2D eigenvalue weighted by Gasteiger charge is -2.17. The zero-order valence-electron chi connectivity index (χ0n) is 11.1. The molecule has 1 aromatic carbocycles. The summed E-state index contributed by atoms with van der Waals surface area (Å²) in [7, 11) is 0. The topological polar surface area (TPSA) is 37.8 Å². The minimum Gasteiger partial charge on any atom is -0.348 e. The Morgan fingerprint density at radius 1 is 1.15 bits per heavy atom. The number of rotatable bonds is 3. The van der Waals surface area contributed by atoms with Gasteiger partial charge in [-0.1, -0.05) is 24.3 Å². The van der Waals surface area contributed by atoms with Crippen molar-refractivity contribution in [2.75, 3.05) is 5.32 Å². The molecular formula is C14H14F3N3. The van der Waals surface area contributed by atoms with Crippen LogP contribution in [0.5, 0.6) is 0 Å². The predicted molar refractivity (Wildman–Crippen MR) is 70.3 cm³/mol. The monoisotopic (exact) mass is 281 g/mol. The zero-order valence-corrected chi connectivity index (χ0v) is 11.1. The molecule has 3 nitrogen and oxygen atoms in total. The van der Waals surface area contributed by atoms with Gasteiger partial charge in [-0.15, -0.1) is 0 Å². The molecule has 0 bridgehead atoms. The molecule has 1 heterocycles. The first-order valence-corrected chi connectivity index (χ1v) is 6.10. The largest absolute Gasteiger partial charge is 0.433 e. The van der Waals surface area contributed by atoms with Crippen LogP contribution in [0.3, 0.4) is 0 Å². The van der Waals surface area contributed by atoms with Crippen molar-refractivity contribution in [3.63, 3.8) is 0 Å². The van der Waals surface area contributed by atoms with Crippen LogP contribution in [0.1, 0.15) is 29.8 Å². The number of anilines is 1. The second-order valence-electron chi connectivity index (χ2n) is 4.49. The number of benzene rings is 1. The SMILES string of the molecule is Cc1ccccc1C(C)Nc1nccc(C(F)(F)F)n1. The summed E-state index contributed by atoms with van der Waals surface area (Å²) in [5.41, 5.74) is 1.10. The molecule has 1 N–H and O–H groups in total. The normalized spacial score (nSPS) is 13.1. The predicted octanol–water partition coefficient (Wildman–Crippen LogP) is 3.98. The first kappa shape index (κ1) is 14.3. The lowest BCUT2D eigenvalue weighted by molar-refractivity contribution is -0.141. The molecule has 0 aliphatic rings. The van der Waals surface area contributed by atoms with Gasteiger partial charge in [0.15, 0.2) is 0 Å². The first-order chi connectivity index (χ1) is 9.38. The van der Waals surface area contributed by atoms with Gasteiger partial charge < -0.3 is 5.32 Å². The van der Waals surface area contributed by atoms with Gasteiger partial charge in [-0.3, -0.25) is 0 Å². The van der Waals surface area contributed by atoms with Gasteiger partial charge in [-0.2, -0.15) is 13.2 Å². The molecule has 2 aromatic rings. The third-order valence-corrected chi connectivity index (χ3v) is 2.95. The molecule has 0 radical (unpaired) electrons. The summed E-state index contributed by atoms with van der Waals surface area (Å²) in [6.07, 6.45) is -3.37. The van der Waals surface area contributed by atoms with Gasteiger partial charge in [0.2, 0.25) is 5.95 Å². The van der Waals surface area contributed by atoms with E-state index in [2.05, 4.69) is 15.3 Å². The van der Waals surface area contributed by atoms with Gasteiger partial charge in [-0.25, -0.2) is 9.97 Å². The summed E-state index contributed by atoms with van der Waals surface area (Å²) < 4.78 is 37.7. The molecule has 0 aliphatic heterocycles. The lowest BCUT2D eigenvalue weighted by atomic mass is 10.0. The van der Waals surface area contributed by atoms with E-state index in [0.717, 1.165) is 23.4 Å². The second-order valence-corrected chi connectivity index (χ2v) is 4.49. The Morgan fingerprint density at radius 3 is 2.50 bits per heavy atom. The number of alkyl halides is 3. The fraction of sp³-hybridized carbons (Fsp3) is 0.286. The Kier molecular flexibility index (Phi) is 3.92. The summed E-state index contributed by atoms with van der Waals surface area (Å²) in [6, 6.07) is 8.32. The lowest BCUT2D eigenvalue weighted by Crippen LogP contribution is -2.14. The molecule has 0 saturated heterocycles. The molecule has 1 aromatic heterocycles. The van der Waals surface area contributed by atoms with E-state index < -0.39 is 11.9 Å². The zero-order chi connectivity index (χ0) is 14.8. The Labute approximate surface area is 114 Å². The number of nitrogens with zero attached hydrogens (tertiary/aromatic N) is 2. The van der Waals surface area contributed by atoms with Crippen LogP contribution >= 0.6 is 0 Å². The highest BCUT2D eigenvalue weighted by Gasteiger charge is 2.32. The fourth-order valence-corrected chi connectivity index (χ4v) is 1.93. The van der Waals surface area contributed by atoms with Gasteiger partial charge in [-0.05, 0) is 31.0 Å². The maximum Gasteiger partial charge on any atom is 0.433 e. The standard InChI is InChI=1S/C14H14F3N3/c1-9-5-3-4-6-11(9)10(2)19-13-18-8-7-12(20-13)14(15,16)17/h3-8,10H,1-2H3,(H,18,19,20). The highest BCUT2D eigenvalue weighted by Crippen LogP contribution is 2.28. The van der Waals surface area contributed by atoms with E-state index in [9.17, 15) is 13.2 Å². The fourth-order valence-electron chi connectivity index (χ4n) is 1.93. The Bertz CT molecular complexity index is 596. The van der Waals surface area contributed by atoms with Crippen molar-refractivity contribution >= 4 is 5.95 Å². The molecule has 1 unspecified atom stereocenters. The molecule has 0 saturated carbocycles. The summed E-state index contributed by atoms with van der Waals surface area (Å²) in [6.45, 7) is 3.80. The van der Waals surface area contributed by atoms with Crippen molar-refractivity contribution < 1.29 is 13.2 Å². The maximum absolute atomic E-state index is 12.6. The quantitative estimate of drug-likeness (QED) is 0.924. The van der Waals surface area contributed by atoms with Crippen LogP contribution in [0.25, 0.3) is 0 Å². The number of aryl methyl sites for hydroxylation is 1. The molecule has 0 spiro atoms. The second kappa shape index (κ2) is 5.48. The summed E-state index contributed by atoms with van der Waals surface area (Å²) in [5, 5.41) is 2.89.